The monoisotopic (exact) mass is 753 g/mol. The van der Waals surface area contributed by atoms with Crippen molar-refractivity contribution in [3.63, 3.8) is 0 Å². The summed E-state index contributed by atoms with van der Waals surface area (Å²) in [5, 5.41) is 26.0. The SMILES string of the molecule is CC(C)(C)OC(=O)C[C@@H]1CC[C@@H](C(=O)CCCO)OC1.CC(C)(C)OC(=O)C[C@@H]1CC[C@@H](C(=O)O)OC1.Cl.N[C@@H]1CC[C@@H](C(=O)CCCO)OC1. The minimum Gasteiger partial charge on any atom is -0.479 e. The number of rotatable bonds is 13. The lowest BCUT2D eigenvalue weighted by Gasteiger charge is -2.28. The van der Waals surface area contributed by atoms with Crippen LogP contribution in [0.5, 0.6) is 0 Å². The Kier molecular flexibility index (Phi) is 23.9. The van der Waals surface area contributed by atoms with Crippen LogP contribution in [0.15, 0.2) is 0 Å². The second-order valence-corrected chi connectivity index (χ2v) is 15.2. The van der Waals surface area contributed by atoms with Gasteiger partial charge in [-0.3, -0.25) is 19.2 Å². The molecule has 0 aliphatic carbocycles. The van der Waals surface area contributed by atoms with E-state index in [0.717, 1.165) is 19.3 Å². The highest BCUT2D eigenvalue weighted by Crippen LogP contribution is 2.25. The summed E-state index contributed by atoms with van der Waals surface area (Å²) in [5.41, 5.74) is 4.68. The molecule has 14 nitrogen and oxygen atoms in total. The highest BCUT2D eigenvalue weighted by Gasteiger charge is 2.30. The summed E-state index contributed by atoms with van der Waals surface area (Å²) in [4.78, 5) is 57.0. The molecule has 3 saturated heterocycles. The summed E-state index contributed by atoms with van der Waals surface area (Å²) >= 11 is 0. The van der Waals surface area contributed by atoms with Crippen LogP contribution in [0.3, 0.4) is 0 Å². The number of Topliss-reactive ketones (excluding diaryl/α,β-unsaturated/α-hetero) is 2. The van der Waals surface area contributed by atoms with Gasteiger partial charge >= 0.3 is 17.9 Å². The zero-order valence-electron chi connectivity index (χ0n) is 31.4. The first-order valence-electron chi connectivity index (χ1n) is 17.9. The Balaban J connectivity index is 0.000000744. The molecule has 5 N–H and O–H groups in total. The number of hydrogen-bond acceptors (Lipinski definition) is 13. The van der Waals surface area contributed by atoms with Gasteiger partial charge in [-0.05, 0) is 105 Å². The minimum absolute atomic E-state index is 0. The molecule has 3 rings (SSSR count). The van der Waals surface area contributed by atoms with Gasteiger partial charge in [-0.1, -0.05) is 0 Å². The molecule has 3 heterocycles. The van der Waals surface area contributed by atoms with E-state index in [9.17, 15) is 24.0 Å². The normalized spacial score (nSPS) is 25.0. The molecule has 3 aliphatic heterocycles. The molecule has 0 unspecified atom stereocenters. The van der Waals surface area contributed by atoms with E-state index in [0.29, 0.717) is 77.6 Å². The molecule has 0 bridgehead atoms. The molecule has 51 heavy (non-hydrogen) atoms. The van der Waals surface area contributed by atoms with Crippen molar-refractivity contribution in [2.45, 2.75) is 154 Å². The average molecular weight is 754 g/mol. The number of carboxylic acids is 1. The topological polar surface area (TPSA) is 218 Å². The van der Waals surface area contributed by atoms with Crippen molar-refractivity contribution in [1.29, 1.82) is 0 Å². The third kappa shape index (κ3) is 23.2. The lowest BCUT2D eigenvalue weighted by molar-refractivity contribution is -0.161. The largest absolute Gasteiger partial charge is 0.479 e. The van der Waals surface area contributed by atoms with Gasteiger partial charge in [0.15, 0.2) is 17.7 Å². The molecule has 3 aliphatic rings. The van der Waals surface area contributed by atoms with E-state index in [-0.39, 0.29) is 79.2 Å². The van der Waals surface area contributed by atoms with E-state index in [2.05, 4.69) is 0 Å². The quantitative estimate of drug-likeness (QED) is 0.197. The van der Waals surface area contributed by atoms with Gasteiger partial charge in [0.2, 0.25) is 0 Å². The van der Waals surface area contributed by atoms with Crippen molar-refractivity contribution in [2.75, 3.05) is 33.0 Å². The Bertz CT molecular complexity index is 1030. The van der Waals surface area contributed by atoms with Crippen molar-refractivity contribution >= 4 is 41.9 Å². The van der Waals surface area contributed by atoms with Gasteiger partial charge in [-0.15, -0.1) is 12.4 Å². The molecule has 15 heteroatoms. The van der Waals surface area contributed by atoms with Gasteiger partial charge in [-0.2, -0.15) is 0 Å². The number of esters is 2. The summed E-state index contributed by atoms with van der Waals surface area (Å²) in [6, 6.07) is 0.0851. The third-order valence-corrected chi connectivity index (χ3v) is 7.96. The second kappa shape index (κ2) is 24.9. The fourth-order valence-electron chi connectivity index (χ4n) is 5.47. The first kappa shape index (κ1) is 48.8. The minimum atomic E-state index is -0.930. The van der Waals surface area contributed by atoms with Crippen LogP contribution in [0, 0.1) is 11.8 Å². The van der Waals surface area contributed by atoms with E-state index in [1.807, 2.05) is 41.5 Å². The molecule has 0 aromatic rings. The molecular formula is C36H64ClNO13. The number of aliphatic hydroxyl groups is 2. The molecule has 6 atom stereocenters. The van der Waals surface area contributed by atoms with E-state index < -0.39 is 23.3 Å². The Hall–Kier alpha value is -2.20. The lowest BCUT2D eigenvalue weighted by atomic mass is 9.93. The van der Waals surface area contributed by atoms with E-state index in [1.165, 1.54) is 0 Å². The molecule has 0 radical (unpaired) electrons. The lowest BCUT2D eigenvalue weighted by Crippen LogP contribution is -2.38. The van der Waals surface area contributed by atoms with Gasteiger partial charge < -0.3 is 44.7 Å². The molecule has 0 spiro atoms. The molecule has 0 aromatic carbocycles. The molecule has 0 aromatic heterocycles. The van der Waals surface area contributed by atoms with Crippen LogP contribution in [-0.4, -0.2) is 113 Å². The first-order valence-corrected chi connectivity index (χ1v) is 17.9. The van der Waals surface area contributed by atoms with Crippen LogP contribution in [0.4, 0.5) is 0 Å². The van der Waals surface area contributed by atoms with Crippen LogP contribution in [0.1, 0.15) is 119 Å². The van der Waals surface area contributed by atoms with Crippen molar-refractivity contribution in [1.82, 2.24) is 0 Å². The van der Waals surface area contributed by atoms with Crippen molar-refractivity contribution in [3.05, 3.63) is 0 Å². The number of ketones is 2. The number of hydrogen-bond donors (Lipinski definition) is 4. The highest BCUT2D eigenvalue weighted by molar-refractivity contribution is 5.85. The van der Waals surface area contributed by atoms with Crippen LogP contribution in [0.2, 0.25) is 0 Å². The van der Waals surface area contributed by atoms with Crippen LogP contribution >= 0.6 is 12.4 Å². The fraction of sp³-hybridized carbons (Fsp3) is 0.861. The number of carbonyl (C=O) groups is 5. The molecular weight excluding hydrogens is 690 g/mol. The predicted octanol–water partition coefficient (Wildman–Crippen LogP) is 3.71. The Morgan fingerprint density at radius 3 is 1.29 bits per heavy atom. The summed E-state index contributed by atoms with van der Waals surface area (Å²) in [7, 11) is 0. The first-order chi connectivity index (χ1) is 23.3. The maximum atomic E-state index is 11.7. The van der Waals surface area contributed by atoms with Crippen molar-refractivity contribution in [2.24, 2.45) is 17.6 Å². The van der Waals surface area contributed by atoms with E-state index in [4.69, 9.17) is 44.7 Å². The van der Waals surface area contributed by atoms with E-state index in [1.54, 1.807) is 0 Å². The standard InChI is InChI=1S/C15H26O5.C12H20O5.C9H17NO3.ClH/c1-15(2,3)20-14(18)9-11-6-7-13(19-10-11)12(17)5-4-8-16;1-12(2,3)17-10(13)6-8-4-5-9(11(14)15)16-7-8;10-7-3-4-9(13-6-7)8(12)2-1-5-11;/h11,13,16H,4-10H2,1-3H3;8-9H,4-7H2,1-3H3,(H,14,15);7,9,11H,1-6,10H2;1H/t11-,13-;8-,9-;7-,9+;/m001./s1. The molecule has 3 fully saturated rings. The van der Waals surface area contributed by atoms with Gasteiger partial charge in [0, 0.05) is 32.1 Å². The third-order valence-electron chi connectivity index (χ3n) is 7.96. The zero-order valence-corrected chi connectivity index (χ0v) is 32.2. The average Bonchev–Trinajstić information content (AvgIpc) is 3.02. The number of ether oxygens (including phenoxy) is 5. The number of aliphatic hydroxyl groups excluding tert-OH is 2. The maximum Gasteiger partial charge on any atom is 0.332 e. The van der Waals surface area contributed by atoms with Crippen LogP contribution < -0.4 is 5.73 Å². The predicted molar refractivity (Wildman–Crippen MR) is 190 cm³/mol. The van der Waals surface area contributed by atoms with Gasteiger partial charge in [-0.25, -0.2) is 4.79 Å². The Morgan fingerprint density at radius 1 is 0.627 bits per heavy atom. The van der Waals surface area contributed by atoms with Gasteiger partial charge in [0.05, 0.1) is 32.7 Å². The Labute approximate surface area is 309 Å². The van der Waals surface area contributed by atoms with Gasteiger partial charge in [0.25, 0.3) is 0 Å². The molecule has 0 saturated carbocycles. The number of aliphatic carboxylic acids is 1. The van der Waals surface area contributed by atoms with Crippen LogP contribution in [0.25, 0.3) is 0 Å². The van der Waals surface area contributed by atoms with Crippen molar-refractivity contribution in [3.8, 4) is 0 Å². The summed E-state index contributed by atoms with van der Waals surface area (Å²) < 4.78 is 26.5. The van der Waals surface area contributed by atoms with E-state index >= 15 is 0 Å². The Morgan fingerprint density at radius 2 is 1.00 bits per heavy atom. The van der Waals surface area contributed by atoms with Crippen molar-refractivity contribution < 1.29 is 63.0 Å². The van der Waals surface area contributed by atoms with Gasteiger partial charge in [0.1, 0.15) is 23.4 Å². The smallest absolute Gasteiger partial charge is 0.332 e. The number of carboxylic acid groups (broad SMARTS) is 1. The number of halogens is 1. The number of carbonyl (C=O) groups excluding carboxylic acids is 4. The molecule has 0 amide bonds. The highest BCUT2D eigenvalue weighted by atomic mass is 35.5. The fourth-order valence-corrected chi connectivity index (χ4v) is 5.47. The maximum absolute atomic E-state index is 11.7. The summed E-state index contributed by atoms with van der Waals surface area (Å²) in [6.07, 6.45) is 5.26. The number of nitrogens with two attached hydrogens (primary N) is 1. The van der Waals surface area contributed by atoms with Crippen LogP contribution in [-0.2, 0) is 47.7 Å². The molecule has 298 valence electrons. The summed E-state index contributed by atoms with van der Waals surface area (Å²) in [6.45, 7) is 12.3. The summed E-state index contributed by atoms with van der Waals surface area (Å²) in [5.74, 6) is -1.04. The zero-order chi connectivity index (χ0) is 37.9. The second-order valence-electron chi connectivity index (χ2n) is 15.2.